The predicted molar refractivity (Wildman–Crippen MR) is 116 cm³/mol. The van der Waals surface area contributed by atoms with Gasteiger partial charge in [-0.1, -0.05) is 66.2 Å². The van der Waals surface area contributed by atoms with Gasteiger partial charge in [-0.05, 0) is 46.4 Å². The van der Waals surface area contributed by atoms with Crippen LogP contribution in [0, 0.1) is 5.92 Å². The lowest BCUT2D eigenvalue weighted by Crippen LogP contribution is -2.15. The minimum absolute atomic E-state index is 0.000563. The maximum Gasteiger partial charge on any atom is 0.229 e. The van der Waals surface area contributed by atoms with Gasteiger partial charge in [0.1, 0.15) is 0 Å². The van der Waals surface area contributed by atoms with E-state index in [1.807, 2.05) is 53.3 Å². The van der Waals surface area contributed by atoms with Crippen molar-refractivity contribution in [3.8, 4) is 0 Å². The summed E-state index contributed by atoms with van der Waals surface area (Å²) in [4.78, 5) is 12.6. The van der Waals surface area contributed by atoms with Crippen molar-refractivity contribution in [1.82, 2.24) is 9.78 Å². The van der Waals surface area contributed by atoms with E-state index < -0.39 is 0 Å². The minimum Gasteiger partial charge on any atom is -0.309 e. The van der Waals surface area contributed by atoms with E-state index in [1.54, 1.807) is 0 Å². The van der Waals surface area contributed by atoms with Gasteiger partial charge in [0.05, 0.1) is 6.54 Å². The summed E-state index contributed by atoms with van der Waals surface area (Å²) in [7, 11) is 0. The number of benzene rings is 3. The fourth-order valence-corrected chi connectivity index (χ4v) is 4.03. The first-order chi connectivity index (χ1) is 14.2. The fraction of sp³-hybridized carbons (Fsp3) is 0.167. The van der Waals surface area contributed by atoms with Gasteiger partial charge in [-0.15, -0.1) is 0 Å². The Labute approximate surface area is 174 Å². The second kappa shape index (κ2) is 7.37. The Morgan fingerprint density at radius 1 is 1.03 bits per heavy atom. The number of aromatic nitrogens is 2. The van der Waals surface area contributed by atoms with Crippen molar-refractivity contribution in [2.45, 2.75) is 18.9 Å². The predicted octanol–water partition coefficient (Wildman–Crippen LogP) is 5.48. The number of carbonyl (C=O) groups is 1. The highest BCUT2D eigenvalue weighted by Gasteiger charge is 2.44. The molecule has 0 bridgehead atoms. The highest BCUT2D eigenvalue weighted by Crippen LogP contribution is 2.48. The molecule has 1 aliphatic rings. The molecule has 0 radical (unpaired) electrons. The smallest absolute Gasteiger partial charge is 0.229 e. The molecule has 0 saturated heterocycles. The third-order valence-electron chi connectivity index (χ3n) is 5.53. The number of nitrogens with zero attached hydrogens (tertiary/aromatic N) is 2. The van der Waals surface area contributed by atoms with Gasteiger partial charge in [-0.3, -0.25) is 9.48 Å². The standard InChI is InChI=1S/C24H20ClN3O/c25-19-10-8-17(9-11-19)21-14-22(21)24(29)26-23-12-13-28(27-23)15-18-6-3-5-16-4-1-2-7-20(16)18/h1-13,21-22H,14-15H2,(H,26,27,29). The highest BCUT2D eigenvalue weighted by atomic mass is 35.5. The lowest BCUT2D eigenvalue weighted by Gasteiger charge is -2.07. The molecule has 0 spiro atoms. The summed E-state index contributed by atoms with van der Waals surface area (Å²) in [6.45, 7) is 0.661. The van der Waals surface area contributed by atoms with E-state index in [9.17, 15) is 4.79 Å². The zero-order valence-corrected chi connectivity index (χ0v) is 16.5. The molecule has 4 nitrogen and oxygen atoms in total. The summed E-state index contributed by atoms with van der Waals surface area (Å²) in [5.74, 6) is 0.891. The van der Waals surface area contributed by atoms with Gasteiger partial charge in [-0.25, -0.2) is 0 Å². The van der Waals surface area contributed by atoms with Crippen LogP contribution < -0.4 is 5.32 Å². The average Bonchev–Trinajstić information content (AvgIpc) is 3.43. The van der Waals surface area contributed by atoms with Crippen LogP contribution >= 0.6 is 11.6 Å². The number of rotatable bonds is 5. The molecule has 2 atom stereocenters. The van der Waals surface area contributed by atoms with Gasteiger partial charge < -0.3 is 5.32 Å². The van der Waals surface area contributed by atoms with Crippen LogP contribution in [0.5, 0.6) is 0 Å². The lowest BCUT2D eigenvalue weighted by molar-refractivity contribution is -0.117. The van der Waals surface area contributed by atoms with Crippen molar-refractivity contribution in [1.29, 1.82) is 0 Å². The summed E-state index contributed by atoms with van der Waals surface area (Å²) in [6.07, 6.45) is 2.77. The highest BCUT2D eigenvalue weighted by molar-refractivity contribution is 6.30. The van der Waals surface area contributed by atoms with Crippen LogP contribution in [-0.2, 0) is 11.3 Å². The van der Waals surface area contributed by atoms with E-state index in [0.717, 1.165) is 12.0 Å². The maximum absolute atomic E-state index is 12.6. The van der Waals surface area contributed by atoms with Gasteiger partial charge >= 0.3 is 0 Å². The SMILES string of the molecule is O=C(Nc1ccn(Cc2cccc3ccccc23)n1)C1CC1c1ccc(Cl)cc1. The van der Waals surface area contributed by atoms with Crippen LogP contribution in [-0.4, -0.2) is 15.7 Å². The number of amides is 1. The van der Waals surface area contributed by atoms with Crippen molar-refractivity contribution in [3.05, 3.63) is 95.1 Å². The summed E-state index contributed by atoms with van der Waals surface area (Å²) in [6, 6.07) is 24.2. The number of nitrogens with one attached hydrogen (secondary N) is 1. The molecule has 144 valence electrons. The van der Waals surface area contributed by atoms with Crippen molar-refractivity contribution in [2.75, 3.05) is 5.32 Å². The molecule has 1 fully saturated rings. The summed E-state index contributed by atoms with van der Waals surface area (Å²) in [5, 5.41) is 10.7. The van der Waals surface area contributed by atoms with Crippen LogP contribution in [0.2, 0.25) is 5.02 Å². The Bertz CT molecular complexity index is 1180. The molecule has 1 heterocycles. The van der Waals surface area contributed by atoms with E-state index in [1.165, 1.54) is 16.3 Å². The Kier molecular flexibility index (Phi) is 4.57. The monoisotopic (exact) mass is 401 g/mol. The van der Waals surface area contributed by atoms with Crippen molar-refractivity contribution >= 4 is 34.1 Å². The Morgan fingerprint density at radius 2 is 1.83 bits per heavy atom. The molecule has 1 saturated carbocycles. The van der Waals surface area contributed by atoms with E-state index >= 15 is 0 Å². The normalized spacial score (nSPS) is 18.0. The van der Waals surface area contributed by atoms with Gasteiger partial charge in [-0.2, -0.15) is 5.10 Å². The summed E-state index contributed by atoms with van der Waals surface area (Å²) in [5.41, 5.74) is 2.37. The van der Waals surface area contributed by atoms with Crippen molar-refractivity contribution < 1.29 is 4.79 Å². The van der Waals surface area contributed by atoms with Crippen LogP contribution in [0.25, 0.3) is 10.8 Å². The summed E-state index contributed by atoms with van der Waals surface area (Å²) >= 11 is 5.95. The molecular formula is C24H20ClN3O. The first-order valence-corrected chi connectivity index (χ1v) is 10.1. The van der Waals surface area contributed by atoms with Gasteiger partial charge in [0.15, 0.2) is 5.82 Å². The molecule has 5 rings (SSSR count). The van der Waals surface area contributed by atoms with Crippen LogP contribution in [0.1, 0.15) is 23.5 Å². The van der Waals surface area contributed by atoms with Gasteiger partial charge in [0, 0.05) is 23.2 Å². The average molecular weight is 402 g/mol. The van der Waals surface area contributed by atoms with Crippen molar-refractivity contribution in [3.63, 3.8) is 0 Å². The van der Waals surface area contributed by atoms with Crippen LogP contribution in [0.4, 0.5) is 5.82 Å². The Morgan fingerprint density at radius 3 is 2.69 bits per heavy atom. The number of halogens is 1. The molecule has 1 aromatic heterocycles. The van der Waals surface area contributed by atoms with Gasteiger partial charge in [0.25, 0.3) is 0 Å². The molecule has 5 heteroatoms. The molecule has 29 heavy (non-hydrogen) atoms. The number of carbonyl (C=O) groups excluding carboxylic acids is 1. The third-order valence-corrected chi connectivity index (χ3v) is 5.78. The lowest BCUT2D eigenvalue weighted by atomic mass is 10.0. The molecule has 4 aromatic rings. The third kappa shape index (κ3) is 3.76. The second-order valence-corrected chi connectivity index (χ2v) is 7.96. The van der Waals surface area contributed by atoms with E-state index in [4.69, 9.17) is 11.6 Å². The maximum atomic E-state index is 12.6. The molecular weight excluding hydrogens is 382 g/mol. The molecule has 0 aliphatic heterocycles. The zero-order valence-electron chi connectivity index (χ0n) is 15.8. The number of fused-ring (bicyclic) bond motifs is 1. The molecule has 3 aromatic carbocycles. The van der Waals surface area contributed by atoms with Gasteiger partial charge in [0.2, 0.25) is 5.91 Å². The largest absolute Gasteiger partial charge is 0.309 e. The number of anilines is 1. The number of hydrogen-bond acceptors (Lipinski definition) is 2. The molecule has 1 aliphatic carbocycles. The minimum atomic E-state index is -0.000563. The van der Waals surface area contributed by atoms with E-state index in [-0.39, 0.29) is 17.7 Å². The first-order valence-electron chi connectivity index (χ1n) is 9.74. The fourth-order valence-electron chi connectivity index (χ4n) is 3.90. The summed E-state index contributed by atoms with van der Waals surface area (Å²) < 4.78 is 1.86. The topological polar surface area (TPSA) is 46.9 Å². The Balaban J connectivity index is 1.25. The Hall–Kier alpha value is -3.11. The molecule has 2 unspecified atom stereocenters. The van der Waals surface area contributed by atoms with Crippen LogP contribution in [0.15, 0.2) is 79.0 Å². The van der Waals surface area contributed by atoms with Crippen LogP contribution in [0.3, 0.4) is 0 Å². The van der Waals surface area contributed by atoms with E-state index in [0.29, 0.717) is 17.4 Å². The van der Waals surface area contributed by atoms with Crippen molar-refractivity contribution in [2.24, 2.45) is 5.92 Å². The number of hydrogen-bond donors (Lipinski definition) is 1. The van der Waals surface area contributed by atoms with E-state index in [2.05, 4.69) is 40.7 Å². The molecule has 1 N–H and O–H groups in total. The second-order valence-electron chi connectivity index (χ2n) is 7.53. The molecule has 1 amide bonds. The zero-order chi connectivity index (χ0) is 19.8. The quantitative estimate of drug-likeness (QED) is 0.481. The first kappa shape index (κ1) is 18.0.